The van der Waals surface area contributed by atoms with E-state index in [1.165, 1.54) is 11.9 Å². The molecule has 2 aromatic rings. The largest absolute Gasteiger partial charge is 0.493 e. The summed E-state index contributed by atoms with van der Waals surface area (Å²) in [5, 5.41) is 0.612. The van der Waals surface area contributed by atoms with Crippen LogP contribution in [0, 0.1) is 0 Å². The monoisotopic (exact) mass is 411 g/mol. The van der Waals surface area contributed by atoms with Crippen molar-refractivity contribution in [3.05, 3.63) is 42.0 Å². The highest BCUT2D eigenvalue weighted by Crippen LogP contribution is 2.37. The normalized spacial score (nSPS) is 19.6. The minimum Gasteiger partial charge on any atom is -0.493 e. The lowest BCUT2D eigenvalue weighted by Crippen LogP contribution is -2.60. The lowest BCUT2D eigenvalue weighted by molar-refractivity contribution is -0.204. The number of hydrogen-bond donors (Lipinski definition) is 2. The third kappa shape index (κ3) is 3.97. The van der Waals surface area contributed by atoms with Crippen LogP contribution >= 0.6 is 0 Å². The zero-order valence-corrected chi connectivity index (χ0v) is 15.7. The number of anilines is 1. The number of hydroxylamine groups is 1. The Labute approximate surface area is 164 Å². The summed E-state index contributed by atoms with van der Waals surface area (Å²) in [5.74, 6) is -1.95. The van der Waals surface area contributed by atoms with E-state index in [0.29, 0.717) is 34.2 Å². The molecule has 0 radical (unpaired) electrons. The summed E-state index contributed by atoms with van der Waals surface area (Å²) < 4.78 is 43.8. The van der Waals surface area contributed by atoms with Gasteiger partial charge in [0.05, 0.1) is 18.5 Å². The van der Waals surface area contributed by atoms with Crippen LogP contribution in [0.3, 0.4) is 0 Å². The highest BCUT2D eigenvalue weighted by molar-refractivity contribution is 5.77. The molecule has 8 nitrogen and oxygen atoms in total. The van der Waals surface area contributed by atoms with Crippen LogP contribution in [0.25, 0.3) is 11.3 Å². The van der Waals surface area contributed by atoms with Crippen LogP contribution in [-0.4, -0.2) is 42.0 Å². The molecule has 4 N–H and O–H groups in total. The fourth-order valence-corrected chi connectivity index (χ4v) is 2.89. The number of nitrogens with zero attached hydrogens (tertiary/aromatic N) is 3. The summed E-state index contributed by atoms with van der Waals surface area (Å²) >= 11 is 0. The Balaban J connectivity index is 2.09. The fraction of sp³-hybridized carbons (Fsp3) is 0.333. The Kier molecular flexibility index (Phi) is 5.64. The molecule has 1 aliphatic rings. The molecule has 2 heterocycles. The summed E-state index contributed by atoms with van der Waals surface area (Å²) in [5.41, 5.74) is 13.4. The van der Waals surface area contributed by atoms with Gasteiger partial charge in [0.1, 0.15) is 5.75 Å². The average Bonchev–Trinajstić information content (AvgIpc) is 2.69. The summed E-state index contributed by atoms with van der Waals surface area (Å²) in [6.45, 7) is 2.24. The number of rotatable bonds is 4. The van der Waals surface area contributed by atoms with Crippen molar-refractivity contribution in [3.63, 3.8) is 0 Å². The molecule has 2 unspecified atom stereocenters. The van der Waals surface area contributed by atoms with E-state index < -0.39 is 24.6 Å². The SMILES string of the molecule is CCOc1ccccc1-c1ccc2c(n1)N(OC(=O)C(F)(F)F)C(N)N(C)C2N. The summed E-state index contributed by atoms with van der Waals surface area (Å²) in [6.07, 6.45) is -7.23. The van der Waals surface area contributed by atoms with Gasteiger partial charge >= 0.3 is 12.1 Å². The van der Waals surface area contributed by atoms with Gasteiger partial charge in [0.15, 0.2) is 12.1 Å². The van der Waals surface area contributed by atoms with E-state index in [0.717, 1.165) is 0 Å². The molecule has 2 atom stereocenters. The van der Waals surface area contributed by atoms with Gasteiger partial charge in [-0.15, -0.1) is 0 Å². The van der Waals surface area contributed by atoms with E-state index in [1.54, 1.807) is 36.4 Å². The van der Waals surface area contributed by atoms with Crippen molar-refractivity contribution in [1.29, 1.82) is 0 Å². The predicted octanol–water partition coefficient (Wildman–Crippen LogP) is 2.12. The van der Waals surface area contributed by atoms with Gasteiger partial charge in [0.2, 0.25) is 0 Å². The molecule has 29 heavy (non-hydrogen) atoms. The number of benzene rings is 1. The number of alkyl halides is 3. The second kappa shape index (κ2) is 7.85. The van der Waals surface area contributed by atoms with Gasteiger partial charge in [-0.25, -0.2) is 9.78 Å². The molecule has 0 bridgehead atoms. The highest BCUT2D eigenvalue weighted by atomic mass is 19.4. The maximum atomic E-state index is 12.7. The first-order valence-electron chi connectivity index (χ1n) is 8.69. The topological polar surface area (TPSA) is 107 Å². The summed E-state index contributed by atoms with van der Waals surface area (Å²) in [7, 11) is 1.49. The van der Waals surface area contributed by atoms with Crippen LogP contribution in [0.5, 0.6) is 5.75 Å². The average molecular weight is 411 g/mol. The first kappa shape index (κ1) is 20.8. The lowest BCUT2D eigenvalue weighted by atomic mass is 10.1. The number of fused-ring (bicyclic) bond motifs is 1. The van der Waals surface area contributed by atoms with Gasteiger partial charge < -0.3 is 15.3 Å². The molecule has 1 aromatic heterocycles. The number of ether oxygens (including phenoxy) is 1. The molecule has 0 saturated carbocycles. The Hall–Kier alpha value is -2.89. The molecule has 1 aromatic carbocycles. The van der Waals surface area contributed by atoms with Crippen molar-refractivity contribution >= 4 is 11.8 Å². The van der Waals surface area contributed by atoms with Gasteiger partial charge in [0.25, 0.3) is 0 Å². The van der Waals surface area contributed by atoms with Gasteiger partial charge in [-0.1, -0.05) is 18.2 Å². The van der Waals surface area contributed by atoms with Crippen molar-refractivity contribution in [3.8, 4) is 17.0 Å². The molecule has 1 aliphatic heterocycles. The van der Waals surface area contributed by atoms with Crippen molar-refractivity contribution in [2.45, 2.75) is 25.6 Å². The maximum absolute atomic E-state index is 12.7. The molecule has 0 spiro atoms. The molecule has 0 saturated heterocycles. The van der Waals surface area contributed by atoms with E-state index >= 15 is 0 Å². The van der Waals surface area contributed by atoms with Crippen LogP contribution in [0.4, 0.5) is 19.0 Å². The van der Waals surface area contributed by atoms with Gasteiger partial charge in [0, 0.05) is 11.1 Å². The van der Waals surface area contributed by atoms with Gasteiger partial charge in [-0.3, -0.25) is 10.6 Å². The molecule has 0 fully saturated rings. The Morgan fingerprint density at radius 3 is 2.55 bits per heavy atom. The van der Waals surface area contributed by atoms with E-state index in [2.05, 4.69) is 9.82 Å². The third-order valence-electron chi connectivity index (χ3n) is 4.40. The molecular weight excluding hydrogens is 391 g/mol. The highest BCUT2D eigenvalue weighted by Gasteiger charge is 2.46. The predicted molar refractivity (Wildman–Crippen MR) is 98.1 cm³/mol. The van der Waals surface area contributed by atoms with Crippen LogP contribution in [0.2, 0.25) is 0 Å². The van der Waals surface area contributed by atoms with Crippen molar-refractivity contribution in [1.82, 2.24) is 9.88 Å². The second-order valence-electron chi connectivity index (χ2n) is 6.26. The standard InChI is InChI=1S/C18H20F3N5O3/c1-3-28-13-7-5-4-6-10(13)12-9-8-11-14(22)25(2)17(23)26(15(11)24-12)29-16(27)18(19,20)21/h4-9,14,17H,3,22-23H2,1-2H3. The Morgan fingerprint density at radius 1 is 1.21 bits per heavy atom. The quantitative estimate of drug-likeness (QED) is 0.788. The van der Waals surface area contributed by atoms with E-state index in [4.69, 9.17) is 16.2 Å². The molecular formula is C18H20F3N5O3. The number of hydrogen-bond acceptors (Lipinski definition) is 8. The molecule has 0 aliphatic carbocycles. The van der Waals surface area contributed by atoms with Crippen LogP contribution in [-0.2, 0) is 9.63 Å². The summed E-state index contributed by atoms with van der Waals surface area (Å²) in [4.78, 5) is 21.7. The first-order chi connectivity index (χ1) is 13.6. The fourth-order valence-electron chi connectivity index (χ4n) is 2.89. The molecule has 11 heteroatoms. The number of para-hydroxylation sites is 1. The molecule has 0 amide bonds. The van der Waals surface area contributed by atoms with Crippen molar-refractivity contribution in [2.75, 3.05) is 18.7 Å². The molecule has 156 valence electrons. The molecule has 3 rings (SSSR count). The Morgan fingerprint density at radius 2 is 1.90 bits per heavy atom. The van der Waals surface area contributed by atoms with E-state index in [-0.39, 0.29) is 5.82 Å². The minimum atomic E-state index is -5.20. The number of carbonyl (C=O) groups is 1. The number of pyridine rings is 1. The lowest BCUT2D eigenvalue weighted by Gasteiger charge is -2.42. The van der Waals surface area contributed by atoms with E-state index in [1.807, 2.05) is 6.92 Å². The zero-order valence-electron chi connectivity index (χ0n) is 15.7. The number of aromatic nitrogens is 1. The van der Waals surface area contributed by atoms with Gasteiger partial charge in [-0.2, -0.15) is 18.2 Å². The van der Waals surface area contributed by atoms with Crippen LogP contribution < -0.4 is 21.3 Å². The van der Waals surface area contributed by atoms with E-state index in [9.17, 15) is 18.0 Å². The smallest absolute Gasteiger partial charge is 0.493 e. The number of carbonyl (C=O) groups excluding carboxylic acids is 1. The maximum Gasteiger partial charge on any atom is 0.493 e. The Bertz CT molecular complexity index is 909. The number of nitrogens with two attached hydrogens (primary N) is 2. The number of halogens is 3. The van der Waals surface area contributed by atoms with Crippen molar-refractivity contribution in [2.24, 2.45) is 11.5 Å². The second-order valence-corrected chi connectivity index (χ2v) is 6.26. The minimum absolute atomic E-state index is 0.0792. The van der Waals surface area contributed by atoms with Crippen LogP contribution in [0.15, 0.2) is 36.4 Å². The van der Waals surface area contributed by atoms with Crippen LogP contribution in [0.1, 0.15) is 18.7 Å². The van der Waals surface area contributed by atoms with Gasteiger partial charge in [-0.05, 0) is 32.2 Å². The summed E-state index contributed by atoms with van der Waals surface area (Å²) in [6, 6.07) is 10.3. The first-order valence-corrected chi connectivity index (χ1v) is 8.69. The van der Waals surface area contributed by atoms with Crippen molar-refractivity contribution < 1.29 is 27.5 Å². The zero-order chi connectivity index (χ0) is 21.3. The third-order valence-corrected chi connectivity index (χ3v) is 4.40.